The molecule has 1 saturated heterocycles. The Bertz CT molecular complexity index is 768. The van der Waals surface area contributed by atoms with E-state index in [9.17, 15) is 24.3 Å². The van der Waals surface area contributed by atoms with Crippen LogP contribution < -0.4 is 16.4 Å². The highest BCUT2D eigenvalue weighted by Crippen LogP contribution is 2.18. The van der Waals surface area contributed by atoms with Gasteiger partial charge in [-0.2, -0.15) is 0 Å². The van der Waals surface area contributed by atoms with Crippen LogP contribution in [0.3, 0.4) is 0 Å². The van der Waals surface area contributed by atoms with Gasteiger partial charge in [0.05, 0.1) is 12.6 Å². The second-order valence-electron chi connectivity index (χ2n) is 7.82. The van der Waals surface area contributed by atoms with Gasteiger partial charge in [0, 0.05) is 13.0 Å². The van der Waals surface area contributed by atoms with Crippen LogP contribution in [0.4, 0.5) is 0 Å². The number of aliphatic carboxylic acids is 1. The zero-order valence-corrected chi connectivity index (χ0v) is 17.3. The molecule has 0 bridgehead atoms. The van der Waals surface area contributed by atoms with Gasteiger partial charge in [0.2, 0.25) is 17.7 Å². The summed E-state index contributed by atoms with van der Waals surface area (Å²) in [6, 6.07) is 6.43. The third-order valence-corrected chi connectivity index (χ3v) is 5.21. The molecule has 1 aromatic carbocycles. The fourth-order valence-electron chi connectivity index (χ4n) is 3.34. The van der Waals surface area contributed by atoms with Crippen LogP contribution in [-0.2, 0) is 25.6 Å². The third-order valence-electron chi connectivity index (χ3n) is 5.21. The molecule has 0 radical (unpaired) electrons. The van der Waals surface area contributed by atoms with Gasteiger partial charge in [-0.1, -0.05) is 44.2 Å². The van der Waals surface area contributed by atoms with Gasteiger partial charge < -0.3 is 26.4 Å². The standard InChI is InChI=1S/C21H30N4O5/c1-13(2)18(22)20(28)23-12-17(26)25-10-6-9-16(25)19(27)24-15(21(29)30)11-14-7-4-3-5-8-14/h3-5,7-8,13,15-16,18H,6,9-12,22H2,1-2H3,(H,23,28)(H,24,27)(H,29,30). The molecule has 3 atom stereocenters. The molecule has 9 heteroatoms. The summed E-state index contributed by atoms with van der Waals surface area (Å²) in [6.45, 7) is 3.73. The average Bonchev–Trinajstić information content (AvgIpc) is 3.21. The predicted octanol–water partition coefficient (Wildman–Crippen LogP) is -0.111. The predicted molar refractivity (Wildman–Crippen MR) is 110 cm³/mol. The highest BCUT2D eigenvalue weighted by Gasteiger charge is 2.36. The van der Waals surface area contributed by atoms with Gasteiger partial charge in [0.15, 0.2) is 0 Å². The lowest BCUT2D eigenvalue weighted by molar-refractivity contribution is -0.144. The Labute approximate surface area is 176 Å². The number of carboxylic acid groups (broad SMARTS) is 1. The summed E-state index contributed by atoms with van der Waals surface area (Å²) in [4.78, 5) is 50.2. The Hall–Kier alpha value is -2.94. The van der Waals surface area contributed by atoms with Crippen LogP contribution in [0.1, 0.15) is 32.3 Å². The van der Waals surface area contributed by atoms with E-state index in [0.717, 1.165) is 5.56 Å². The van der Waals surface area contributed by atoms with Gasteiger partial charge in [-0.25, -0.2) is 4.79 Å². The van der Waals surface area contributed by atoms with Crippen molar-refractivity contribution in [2.45, 2.75) is 51.2 Å². The number of benzene rings is 1. The lowest BCUT2D eigenvalue weighted by Gasteiger charge is -2.26. The number of nitrogens with one attached hydrogen (secondary N) is 2. The van der Waals surface area contributed by atoms with Crippen molar-refractivity contribution in [2.24, 2.45) is 11.7 Å². The maximum Gasteiger partial charge on any atom is 0.326 e. The molecule has 164 valence electrons. The van der Waals surface area contributed by atoms with E-state index in [1.165, 1.54) is 4.90 Å². The van der Waals surface area contributed by atoms with Crippen LogP contribution in [0.5, 0.6) is 0 Å². The molecule has 5 N–H and O–H groups in total. The fourth-order valence-corrected chi connectivity index (χ4v) is 3.34. The average molecular weight is 418 g/mol. The molecule has 0 aromatic heterocycles. The molecule has 1 aliphatic heterocycles. The van der Waals surface area contributed by atoms with Crippen LogP contribution in [0.25, 0.3) is 0 Å². The van der Waals surface area contributed by atoms with Crippen molar-refractivity contribution in [3.63, 3.8) is 0 Å². The Balaban J connectivity index is 1.95. The molecule has 1 aliphatic rings. The normalized spacial score (nSPS) is 18.0. The summed E-state index contributed by atoms with van der Waals surface area (Å²) in [6.07, 6.45) is 1.21. The number of nitrogens with two attached hydrogens (primary N) is 1. The van der Waals surface area contributed by atoms with Crippen LogP contribution >= 0.6 is 0 Å². The van der Waals surface area contributed by atoms with Crippen molar-refractivity contribution >= 4 is 23.7 Å². The van der Waals surface area contributed by atoms with E-state index in [1.807, 2.05) is 6.07 Å². The van der Waals surface area contributed by atoms with Crippen molar-refractivity contribution in [3.05, 3.63) is 35.9 Å². The molecule has 0 aliphatic carbocycles. The van der Waals surface area contributed by atoms with E-state index in [1.54, 1.807) is 38.1 Å². The first-order valence-electron chi connectivity index (χ1n) is 10.1. The Kier molecular flexibility index (Phi) is 8.35. The number of likely N-dealkylation sites (tertiary alicyclic amines) is 1. The SMILES string of the molecule is CC(C)C(N)C(=O)NCC(=O)N1CCCC1C(=O)NC(Cc1ccccc1)C(=O)O. The fraction of sp³-hybridized carbons (Fsp3) is 0.524. The summed E-state index contributed by atoms with van der Waals surface area (Å²) < 4.78 is 0. The molecule has 9 nitrogen and oxygen atoms in total. The smallest absolute Gasteiger partial charge is 0.326 e. The van der Waals surface area contributed by atoms with E-state index in [-0.39, 0.29) is 18.9 Å². The Morgan fingerprint density at radius 3 is 2.47 bits per heavy atom. The van der Waals surface area contributed by atoms with E-state index in [2.05, 4.69) is 10.6 Å². The van der Waals surface area contributed by atoms with Crippen LogP contribution in [-0.4, -0.2) is 64.9 Å². The second-order valence-corrected chi connectivity index (χ2v) is 7.82. The summed E-state index contributed by atoms with van der Waals surface area (Å²) in [7, 11) is 0. The van der Waals surface area contributed by atoms with Gasteiger partial charge in [-0.3, -0.25) is 14.4 Å². The monoisotopic (exact) mass is 418 g/mol. The van der Waals surface area contributed by atoms with Crippen LogP contribution in [0.2, 0.25) is 0 Å². The van der Waals surface area contributed by atoms with Gasteiger partial charge in [0.25, 0.3) is 0 Å². The number of nitrogens with zero attached hydrogens (tertiary/aromatic N) is 1. The van der Waals surface area contributed by atoms with E-state index >= 15 is 0 Å². The molecule has 3 unspecified atom stereocenters. The summed E-state index contributed by atoms with van der Waals surface area (Å²) >= 11 is 0. The molecular weight excluding hydrogens is 388 g/mol. The molecule has 30 heavy (non-hydrogen) atoms. The first-order chi connectivity index (χ1) is 14.2. The number of hydrogen-bond donors (Lipinski definition) is 4. The van der Waals surface area contributed by atoms with Crippen LogP contribution in [0.15, 0.2) is 30.3 Å². The number of carbonyl (C=O) groups is 4. The summed E-state index contributed by atoms with van der Waals surface area (Å²) in [5.74, 6) is -2.53. The minimum atomic E-state index is -1.14. The molecular formula is C21H30N4O5. The van der Waals surface area contributed by atoms with E-state index in [0.29, 0.717) is 19.4 Å². The first-order valence-corrected chi connectivity index (χ1v) is 10.1. The molecule has 3 amide bonds. The Morgan fingerprint density at radius 1 is 1.20 bits per heavy atom. The third kappa shape index (κ3) is 6.28. The Morgan fingerprint density at radius 2 is 1.87 bits per heavy atom. The molecule has 0 saturated carbocycles. The lowest BCUT2D eigenvalue weighted by Crippen LogP contribution is -2.53. The lowest BCUT2D eigenvalue weighted by atomic mass is 10.1. The number of hydrogen-bond acceptors (Lipinski definition) is 5. The number of carboxylic acids is 1. The molecule has 1 aromatic rings. The zero-order chi connectivity index (χ0) is 22.3. The minimum Gasteiger partial charge on any atom is -0.480 e. The maximum absolute atomic E-state index is 12.7. The van der Waals surface area contributed by atoms with Crippen molar-refractivity contribution in [1.29, 1.82) is 0 Å². The highest BCUT2D eigenvalue weighted by molar-refractivity contribution is 5.93. The van der Waals surface area contributed by atoms with Gasteiger partial charge in [0.1, 0.15) is 12.1 Å². The minimum absolute atomic E-state index is 0.0667. The van der Waals surface area contributed by atoms with Crippen LogP contribution in [0, 0.1) is 5.92 Å². The van der Waals surface area contributed by atoms with Crippen molar-refractivity contribution in [1.82, 2.24) is 15.5 Å². The van der Waals surface area contributed by atoms with E-state index < -0.39 is 41.8 Å². The number of amides is 3. The first kappa shape index (κ1) is 23.3. The molecule has 1 fully saturated rings. The zero-order valence-electron chi connectivity index (χ0n) is 17.3. The van der Waals surface area contributed by atoms with Crippen molar-refractivity contribution in [2.75, 3.05) is 13.1 Å². The largest absolute Gasteiger partial charge is 0.480 e. The van der Waals surface area contributed by atoms with Crippen molar-refractivity contribution in [3.8, 4) is 0 Å². The molecule has 2 rings (SSSR count). The highest BCUT2D eigenvalue weighted by atomic mass is 16.4. The number of rotatable bonds is 9. The van der Waals surface area contributed by atoms with Gasteiger partial charge in [-0.15, -0.1) is 0 Å². The van der Waals surface area contributed by atoms with Crippen molar-refractivity contribution < 1.29 is 24.3 Å². The summed E-state index contributed by atoms with van der Waals surface area (Å²) in [5.41, 5.74) is 6.55. The summed E-state index contributed by atoms with van der Waals surface area (Å²) in [5, 5.41) is 14.5. The topological polar surface area (TPSA) is 142 Å². The second kappa shape index (κ2) is 10.7. The van der Waals surface area contributed by atoms with Gasteiger partial charge in [-0.05, 0) is 24.3 Å². The van der Waals surface area contributed by atoms with E-state index in [4.69, 9.17) is 5.73 Å². The molecule has 0 spiro atoms. The molecule has 1 heterocycles. The maximum atomic E-state index is 12.7. The number of carbonyl (C=O) groups excluding carboxylic acids is 3. The van der Waals surface area contributed by atoms with Gasteiger partial charge >= 0.3 is 5.97 Å². The quantitative estimate of drug-likeness (QED) is 0.441.